The molecular weight excluding hydrogens is 408 g/mol. The zero-order valence-corrected chi connectivity index (χ0v) is 17.9. The van der Waals surface area contributed by atoms with E-state index in [9.17, 15) is 9.59 Å². The molecule has 1 heterocycles. The number of benzene rings is 3. The van der Waals surface area contributed by atoms with Crippen LogP contribution in [0.15, 0.2) is 72.8 Å². The summed E-state index contributed by atoms with van der Waals surface area (Å²) >= 11 is 1.66. The summed E-state index contributed by atoms with van der Waals surface area (Å²) in [6.07, 6.45) is 3.14. The zero-order valence-electron chi connectivity index (χ0n) is 17.1. The van der Waals surface area contributed by atoms with Crippen molar-refractivity contribution in [2.24, 2.45) is 0 Å². The number of amides is 1. The van der Waals surface area contributed by atoms with Gasteiger partial charge in [-0.3, -0.25) is 4.79 Å². The monoisotopic (exact) mass is 428 g/mol. The fourth-order valence-electron chi connectivity index (χ4n) is 3.06. The molecule has 0 saturated heterocycles. The van der Waals surface area contributed by atoms with Gasteiger partial charge >= 0.3 is 5.97 Å². The molecule has 4 rings (SSSR count). The number of fused-ring (bicyclic) bond motifs is 1. The van der Waals surface area contributed by atoms with E-state index in [1.807, 2.05) is 30.3 Å². The lowest BCUT2D eigenvalue weighted by Crippen LogP contribution is -2.07. The van der Waals surface area contributed by atoms with E-state index < -0.39 is 5.97 Å². The maximum absolute atomic E-state index is 12.2. The van der Waals surface area contributed by atoms with Crippen LogP contribution in [0.25, 0.3) is 26.9 Å². The number of nitrogens with zero attached hydrogens (tertiary/aromatic N) is 1. The normalized spacial score (nSPS) is 11.0. The highest BCUT2D eigenvalue weighted by molar-refractivity contribution is 7.21. The summed E-state index contributed by atoms with van der Waals surface area (Å²) < 4.78 is 5.84. The lowest BCUT2D eigenvalue weighted by atomic mass is 10.1. The van der Waals surface area contributed by atoms with Crippen molar-refractivity contribution in [3.05, 3.63) is 89.5 Å². The standard InChI is InChI=1S/C25H20N2O3S/c1-16-3-13-21-22(15-16)31-24(27-21)18-9-11-20(12-10-18)26-23(28)14-6-17-4-7-19(8-5-17)25(29)30-2/h3-15H,1-2H3,(H,26,28)/b14-6+. The predicted octanol–water partition coefficient (Wildman–Crippen LogP) is 5.71. The molecule has 5 nitrogen and oxygen atoms in total. The lowest BCUT2D eigenvalue weighted by molar-refractivity contribution is -0.111. The molecule has 0 bridgehead atoms. The van der Waals surface area contributed by atoms with Crippen LogP contribution in [0, 0.1) is 6.92 Å². The van der Waals surface area contributed by atoms with Crippen LogP contribution in [-0.4, -0.2) is 24.0 Å². The first-order valence-electron chi connectivity index (χ1n) is 9.67. The van der Waals surface area contributed by atoms with Crippen LogP contribution in [0.3, 0.4) is 0 Å². The van der Waals surface area contributed by atoms with Crippen molar-refractivity contribution in [1.29, 1.82) is 0 Å². The molecule has 1 amide bonds. The summed E-state index contributed by atoms with van der Waals surface area (Å²) in [6.45, 7) is 2.07. The van der Waals surface area contributed by atoms with Crippen LogP contribution in [0.4, 0.5) is 5.69 Å². The van der Waals surface area contributed by atoms with E-state index in [-0.39, 0.29) is 5.91 Å². The number of esters is 1. The highest BCUT2D eigenvalue weighted by Crippen LogP contribution is 2.31. The van der Waals surface area contributed by atoms with E-state index >= 15 is 0 Å². The number of ether oxygens (including phenoxy) is 1. The first-order valence-corrected chi connectivity index (χ1v) is 10.5. The van der Waals surface area contributed by atoms with Crippen molar-refractivity contribution in [1.82, 2.24) is 4.98 Å². The van der Waals surface area contributed by atoms with Crippen molar-refractivity contribution in [3.8, 4) is 10.6 Å². The Hall–Kier alpha value is -3.77. The maximum Gasteiger partial charge on any atom is 0.337 e. The lowest BCUT2D eigenvalue weighted by Gasteiger charge is -2.03. The molecule has 0 fully saturated rings. The molecule has 0 spiro atoms. The second-order valence-electron chi connectivity index (χ2n) is 7.00. The van der Waals surface area contributed by atoms with Crippen molar-refractivity contribution in [2.45, 2.75) is 6.92 Å². The molecule has 1 aromatic heterocycles. The summed E-state index contributed by atoms with van der Waals surface area (Å²) in [6, 6.07) is 20.7. The van der Waals surface area contributed by atoms with Gasteiger partial charge in [-0.15, -0.1) is 11.3 Å². The van der Waals surface area contributed by atoms with E-state index in [0.29, 0.717) is 11.3 Å². The van der Waals surface area contributed by atoms with Gasteiger partial charge in [0.25, 0.3) is 0 Å². The average Bonchev–Trinajstić information content (AvgIpc) is 3.21. The topological polar surface area (TPSA) is 68.3 Å². The van der Waals surface area contributed by atoms with E-state index in [2.05, 4.69) is 29.1 Å². The van der Waals surface area contributed by atoms with Crippen molar-refractivity contribution in [2.75, 3.05) is 12.4 Å². The summed E-state index contributed by atoms with van der Waals surface area (Å²) in [5, 5.41) is 3.80. The van der Waals surface area contributed by atoms with Crippen LogP contribution >= 0.6 is 11.3 Å². The number of anilines is 1. The van der Waals surface area contributed by atoms with Gasteiger partial charge in [-0.2, -0.15) is 0 Å². The molecule has 0 aliphatic rings. The van der Waals surface area contributed by atoms with Crippen LogP contribution in [-0.2, 0) is 9.53 Å². The van der Waals surface area contributed by atoms with Crippen LogP contribution in [0.1, 0.15) is 21.5 Å². The summed E-state index contributed by atoms with van der Waals surface area (Å²) in [4.78, 5) is 28.4. The number of aryl methyl sites for hydroxylation is 1. The third kappa shape index (κ3) is 4.87. The Morgan fingerprint density at radius 1 is 1.00 bits per heavy atom. The molecule has 4 aromatic rings. The zero-order chi connectivity index (χ0) is 21.8. The minimum atomic E-state index is -0.391. The van der Waals surface area contributed by atoms with Gasteiger partial charge in [0.15, 0.2) is 0 Å². The van der Waals surface area contributed by atoms with Crippen LogP contribution < -0.4 is 5.32 Å². The van der Waals surface area contributed by atoms with Gasteiger partial charge in [-0.25, -0.2) is 9.78 Å². The average molecular weight is 429 g/mol. The summed E-state index contributed by atoms with van der Waals surface area (Å²) in [5.41, 5.74) is 5.20. The second kappa shape index (κ2) is 8.93. The van der Waals surface area contributed by atoms with E-state index in [1.54, 1.807) is 41.7 Å². The maximum atomic E-state index is 12.2. The molecule has 0 unspecified atom stereocenters. The summed E-state index contributed by atoms with van der Waals surface area (Å²) in [5.74, 6) is -0.627. The van der Waals surface area contributed by atoms with Gasteiger partial charge in [-0.05, 0) is 72.7 Å². The van der Waals surface area contributed by atoms with Crippen molar-refractivity contribution in [3.63, 3.8) is 0 Å². The Kier molecular flexibility index (Phi) is 5.91. The number of nitrogens with one attached hydrogen (secondary N) is 1. The Morgan fingerprint density at radius 2 is 1.74 bits per heavy atom. The number of carbonyl (C=O) groups is 2. The Morgan fingerprint density at radius 3 is 2.45 bits per heavy atom. The molecule has 1 N–H and O–H groups in total. The molecule has 6 heteroatoms. The molecule has 31 heavy (non-hydrogen) atoms. The van der Waals surface area contributed by atoms with Gasteiger partial charge < -0.3 is 10.1 Å². The molecule has 3 aromatic carbocycles. The fourth-order valence-corrected chi connectivity index (χ4v) is 4.12. The molecular formula is C25H20N2O3S. The van der Waals surface area contributed by atoms with Gasteiger partial charge in [-0.1, -0.05) is 18.2 Å². The second-order valence-corrected chi connectivity index (χ2v) is 8.03. The third-order valence-corrected chi connectivity index (χ3v) is 5.77. The number of rotatable bonds is 5. The number of methoxy groups -OCH3 is 1. The highest BCUT2D eigenvalue weighted by Gasteiger charge is 2.07. The molecule has 0 radical (unpaired) electrons. The van der Waals surface area contributed by atoms with Gasteiger partial charge in [0.1, 0.15) is 5.01 Å². The number of aromatic nitrogens is 1. The van der Waals surface area contributed by atoms with E-state index in [4.69, 9.17) is 4.98 Å². The molecule has 0 saturated carbocycles. The Balaban J connectivity index is 1.40. The predicted molar refractivity (Wildman–Crippen MR) is 125 cm³/mol. The van der Waals surface area contributed by atoms with Crippen LogP contribution in [0.5, 0.6) is 0 Å². The highest BCUT2D eigenvalue weighted by atomic mass is 32.1. The Labute approximate surface area is 184 Å². The molecule has 154 valence electrons. The summed E-state index contributed by atoms with van der Waals surface area (Å²) in [7, 11) is 1.34. The largest absolute Gasteiger partial charge is 0.465 e. The first-order chi connectivity index (χ1) is 15.0. The van der Waals surface area contributed by atoms with Gasteiger partial charge in [0, 0.05) is 17.3 Å². The first kappa shape index (κ1) is 20.5. The molecule has 0 aliphatic heterocycles. The fraction of sp³-hybridized carbons (Fsp3) is 0.0800. The van der Waals surface area contributed by atoms with Crippen molar-refractivity contribution < 1.29 is 14.3 Å². The van der Waals surface area contributed by atoms with Gasteiger partial charge in [0.2, 0.25) is 5.91 Å². The quantitative estimate of drug-likeness (QED) is 0.327. The SMILES string of the molecule is COC(=O)c1ccc(/C=C/C(=O)Nc2ccc(-c3nc4ccc(C)cc4s3)cc2)cc1. The minimum Gasteiger partial charge on any atom is -0.465 e. The number of thiazole rings is 1. The van der Waals surface area contributed by atoms with Gasteiger partial charge in [0.05, 0.1) is 22.9 Å². The smallest absolute Gasteiger partial charge is 0.337 e. The van der Waals surface area contributed by atoms with E-state index in [1.165, 1.54) is 18.7 Å². The molecule has 0 atom stereocenters. The number of carbonyl (C=O) groups excluding carboxylic acids is 2. The van der Waals surface area contributed by atoms with Crippen molar-refractivity contribution >= 4 is 45.2 Å². The minimum absolute atomic E-state index is 0.236. The Bertz CT molecular complexity index is 1270. The van der Waals surface area contributed by atoms with E-state index in [0.717, 1.165) is 26.4 Å². The van der Waals surface area contributed by atoms with Crippen LogP contribution in [0.2, 0.25) is 0 Å². The molecule has 0 aliphatic carbocycles. The number of hydrogen-bond acceptors (Lipinski definition) is 5. The third-order valence-electron chi connectivity index (χ3n) is 4.70. The number of hydrogen-bond donors (Lipinski definition) is 1.